The summed E-state index contributed by atoms with van der Waals surface area (Å²) in [5.74, 6) is -0.0289. The van der Waals surface area contributed by atoms with Gasteiger partial charge in [0.2, 0.25) is 10.0 Å². The molecule has 1 amide bonds. The van der Waals surface area contributed by atoms with Gasteiger partial charge in [-0.1, -0.05) is 24.3 Å². The van der Waals surface area contributed by atoms with Crippen LogP contribution in [0, 0.1) is 0 Å². The monoisotopic (exact) mass is 472 g/mol. The Morgan fingerprint density at radius 1 is 1.09 bits per heavy atom. The fraction of sp³-hybridized carbons (Fsp3) is 0.286. The number of para-hydroxylation sites is 1. The second-order valence-electron chi connectivity index (χ2n) is 7.42. The zero-order valence-corrected chi connectivity index (χ0v) is 18.9. The minimum atomic E-state index is -3.75. The molecule has 1 aliphatic rings. The molecule has 5 rings (SSSR count). The van der Waals surface area contributed by atoms with Crippen LogP contribution in [0.3, 0.4) is 0 Å². The number of ether oxygens (including phenoxy) is 1. The summed E-state index contributed by atoms with van der Waals surface area (Å²) in [5.41, 5.74) is 2.25. The quantitative estimate of drug-likeness (QED) is 0.440. The SMILES string of the molecule is COCc1c(C(=O)N2CCN(S(=O)(=O)c3cccc4nsnc34)CC2)oc2ccccc12. The molecule has 9 nitrogen and oxygen atoms in total. The van der Waals surface area contributed by atoms with Gasteiger partial charge in [-0.15, -0.1) is 0 Å². The standard InChI is InChI=1S/C21H20N4O5S2/c1-29-13-15-14-5-2-3-7-17(14)30-20(15)21(26)24-9-11-25(12-10-24)32(27,28)18-8-4-6-16-19(18)23-31-22-16/h2-8H,9-13H2,1H3. The number of methoxy groups -OCH3 is 1. The number of nitrogens with zero attached hydrogens (tertiary/aromatic N) is 4. The van der Waals surface area contributed by atoms with Crippen LogP contribution >= 0.6 is 11.7 Å². The number of hydrogen-bond donors (Lipinski definition) is 0. The van der Waals surface area contributed by atoms with Gasteiger partial charge < -0.3 is 14.1 Å². The first-order chi connectivity index (χ1) is 15.5. The molecule has 1 saturated heterocycles. The largest absolute Gasteiger partial charge is 0.451 e. The van der Waals surface area contributed by atoms with E-state index in [-0.39, 0.29) is 49.3 Å². The van der Waals surface area contributed by atoms with Gasteiger partial charge >= 0.3 is 0 Å². The summed E-state index contributed by atoms with van der Waals surface area (Å²) in [6.07, 6.45) is 0. The van der Waals surface area contributed by atoms with Crippen LogP contribution in [0.4, 0.5) is 0 Å². The number of benzene rings is 2. The van der Waals surface area contributed by atoms with Gasteiger partial charge in [0.15, 0.2) is 5.76 Å². The number of carbonyl (C=O) groups is 1. The van der Waals surface area contributed by atoms with Gasteiger partial charge in [0, 0.05) is 44.2 Å². The van der Waals surface area contributed by atoms with Crippen LogP contribution in [-0.2, 0) is 21.4 Å². The van der Waals surface area contributed by atoms with Crippen molar-refractivity contribution in [1.29, 1.82) is 0 Å². The molecule has 1 aliphatic heterocycles. The predicted molar refractivity (Wildman–Crippen MR) is 119 cm³/mol. The molecule has 0 spiro atoms. The second kappa shape index (κ2) is 8.24. The summed E-state index contributed by atoms with van der Waals surface area (Å²) in [4.78, 5) is 15.0. The highest BCUT2D eigenvalue weighted by atomic mass is 32.2. The van der Waals surface area contributed by atoms with Crippen LogP contribution in [0.5, 0.6) is 0 Å². The van der Waals surface area contributed by atoms with Crippen LogP contribution in [0.25, 0.3) is 22.0 Å². The van der Waals surface area contributed by atoms with Crippen molar-refractivity contribution in [3.63, 3.8) is 0 Å². The maximum Gasteiger partial charge on any atom is 0.290 e. The molecule has 0 atom stereocenters. The van der Waals surface area contributed by atoms with Gasteiger partial charge in [0.25, 0.3) is 5.91 Å². The topological polar surface area (TPSA) is 106 Å². The van der Waals surface area contributed by atoms with Crippen molar-refractivity contribution in [3.05, 3.63) is 53.8 Å². The Hall–Kier alpha value is -2.86. The van der Waals surface area contributed by atoms with E-state index in [0.717, 1.165) is 17.1 Å². The minimum Gasteiger partial charge on any atom is -0.451 e. The Labute approximate surface area is 188 Å². The van der Waals surface area contributed by atoms with E-state index in [1.807, 2.05) is 24.3 Å². The normalized spacial score (nSPS) is 15.6. The summed E-state index contributed by atoms with van der Waals surface area (Å²) >= 11 is 0.982. The van der Waals surface area contributed by atoms with E-state index in [0.29, 0.717) is 22.2 Å². The van der Waals surface area contributed by atoms with Gasteiger partial charge in [-0.25, -0.2) is 8.42 Å². The maximum atomic E-state index is 13.2. The molecule has 11 heteroatoms. The third-order valence-electron chi connectivity index (χ3n) is 5.57. The number of furan rings is 1. The Bertz CT molecular complexity index is 1400. The number of fused-ring (bicyclic) bond motifs is 2. The van der Waals surface area contributed by atoms with Crippen molar-refractivity contribution in [3.8, 4) is 0 Å². The molecule has 2 aromatic heterocycles. The number of piperazine rings is 1. The highest BCUT2D eigenvalue weighted by molar-refractivity contribution is 7.89. The van der Waals surface area contributed by atoms with E-state index in [2.05, 4.69) is 8.75 Å². The molecule has 0 N–H and O–H groups in total. The van der Waals surface area contributed by atoms with Crippen molar-refractivity contribution < 1.29 is 22.4 Å². The molecule has 1 fully saturated rings. The number of hydrogen-bond acceptors (Lipinski definition) is 8. The highest BCUT2D eigenvalue weighted by Crippen LogP contribution is 2.29. The lowest BCUT2D eigenvalue weighted by atomic mass is 10.1. The third kappa shape index (κ3) is 3.47. The number of aromatic nitrogens is 2. The molecule has 0 aliphatic carbocycles. The molecular weight excluding hydrogens is 452 g/mol. The van der Waals surface area contributed by atoms with Gasteiger partial charge in [-0.3, -0.25) is 4.79 Å². The predicted octanol–water partition coefficient (Wildman–Crippen LogP) is 2.73. The Kier molecular flexibility index (Phi) is 5.41. The van der Waals surface area contributed by atoms with Crippen molar-refractivity contribution in [1.82, 2.24) is 18.0 Å². The highest BCUT2D eigenvalue weighted by Gasteiger charge is 2.34. The fourth-order valence-electron chi connectivity index (χ4n) is 3.96. The first-order valence-electron chi connectivity index (χ1n) is 10.0. The van der Waals surface area contributed by atoms with Crippen molar-refractivity contribution in [2.75, 3.05) is 33.3 Å². The summed E-state index contributed by atoms with van der Waals surface area (Å²) in [7, 11) is -2.19. The molecule has 32 heavy (non-hydrogen) atoms. The zero-order valence-electron chi connectivity index (χ0n) is 17.2. The molecule has 0 radical (unpaired) electrons. The molecule has 2 aromatic carbocycles. The van der Waals surface area contributed by atoms with E-state index in [1.54, 1.807) is 30.2 Å². The fourth-order valence-corrected chi connectivity index (χ4v) is 6.14. The summed E-state index contributed by atoms with van der Waals surface area (Å²) in [6.45, 7) is 1.13. The van der Waals surface area contributed by atoms with Crippen LogP contribution in [0.2, 0.25) is 0 Å². The van der Waals surface area contributed by atoms with E-state index in [1.165, 1.54) is 4.31 Å². The molecule has 0 saturated carbocycles. The van der Waals surface area contributed by atoms with Crippen LogP contribution in [0.1, 0.15) is 16.1 Å². The molecule has 4 aromatic rings. The van der Waals surface area contributed by atoms with E-state index in [9.17, 15) is 13.2 Å². The molecule has 0 bridgehead atoms. The molecule has 3 heterocycles. The summed E-state index contributed by atoms with van der Waals surface area (Å²) in [5, 5.41) is 0.837. The maximum absolute atomic E-state index is 13.2. The Morgan fingerprint density at radius 3 is 2.66 bits per heavy atom. The van der Waals surface area contributed by atoms with E-state index >= 15 is 0 Å². The minimum absolute atomic E-state index is 0.142. The molecular formula is C21H20N4O5S2. The average Bonchev–Trinajstić information content (AvgIpc) is 3.44. The molecule has 166 valence electrons. The van der Waals surface area contributed by atoms with Crippen molar-refractivity contribution in [2.24, 2.45) is 0 Å². The Morgan fingerprint density at radius 2 is 1.88 bits per heavy atom. The van der Waals surface area contributed by atoms with Crippen LogP contribution < -0.4 is 0 Å². The number of carbonyl (C=O) groups excluding carboxylic acids is 1. The van der Waals surface area contributed by atoms with E-state index < -0.39 is 10.0 Å². The van der Waals surface area contributed by atoms with Crippen molar-refractivity contribution >= 4 is 49.7 Å². The lowest BCUT2D eigenvalue weighted by Crippen LogP contribution is -2.50. The lowest BCUT2D eigenvalue weighted by molar-refractivity contribution is 0.0662. The van der Waals surface area contributed by atoms with Crippen molar-refractivity contribution in [2.45, 2.75) is 11.5 Å². The second-order valence-corrected chi connectivity index (χ2v) is 9.86. The lowest BCUT2D eigenvalue weighted by Gasteiger charge is -2.33. The molecule has 0 unspecified atom stereocenters. The average molecular weight is 473 g/mol. The van der Waals surface area contributed by atoms with Crippen LogP contribution in [-0.4, -0.2) is 65.6 Å². The van der Waals surface area contributed by atoms with Crippen LogP contribution in [0.15, 0.2) is 51.8 Å². The number of amides is 1. The number of rotatable bonds is 5. The van der Waals surface area contributed by atoms with Gasteiger partial charge in [-0.2, -0.15) is 13.1 Å². The zero-order chi connectivity index (χ0) is 22.3. The third-order valence-corrected chi connectivity index (χ3v) is 8.05. The smallest absolute Gasteiger partial charge is 0.290 e. The van der Waals surface area contributed by atoms with E-state index in [4.69, 9.17) is 9.15 Å². The first kappa shape index (κ1) is 21.0. The van der Waals surface area contributed by atoms with Gasteiger partial charge in [0.1, 0.15) is 21.5 Å². The summed E-state index contributed by atoms with van der Waals surface area (Å²) < 4.78 is 47.2. The number of sulfonamides is 1. The first-order valence-corrected chi connectivity index (χ1v) is 12.2. The summed E-state index contributed by atoms with van der Waals surface area (Å²) in [6, 6.07) is 12.4. The van der Waals surface area contributed by atoms with Gasteiger partial charge in [0.05, 0.1) is 18.3 Å². The Balaban J connectivity index is 1.37. The van der Waals surface area contributed by atoms with Gasteiger partial charge in [-0.05, 0) is 18.2 Å².